The second-order valence-electron chi connectivity index (χ2n) is 6.90. The van der Waals surface area contributed by atoms with Crippen LogP contribution in [0.25, 0.3) is 17.4 Å². The van der Waals surface area contributed by atoms with Crippen molar-refractivity contribution in [3.8, 4) is 11.3 Å². The maximum atomic E-state index is 12.9. The third-order valence-corrected chi connectivity index (χ3v) is 4.74. The molecule has 10 heteroatoms. The summed E-state index contributed by atoms with van der Waals surface area (Å²) in [4.78, 5) is 60.8. The van der Waals surface area contributed by atoms with Gasteiger partial charge in [-0.05, 0) is 48.5 Å². The van der Waals surface area contributed by atoms with Crippen molar-refractivity contribution in [1.82, 2.24) is 5.32 Å². The van der Waals surface area contributed by atoms with E-state index in [-0.39, 0.29) is 39.5 Å². The van der Waals surface area contributed by atoms with Crippen LogP contribution in [0, 0.1) is 0 Å². The molecule has 0 aliphatic carbocycles. The second kappa shape index (κ2) is 8.27. The SMILES string of the molecule is O=C1NC(=O)N(c2ccccc2)C(=O)/C1=C/c1ccc(-c2cc(C(=O)O)cc(C(=O)O)c2)o1. The van der Waals surface area contributed by atoms with Crippen LogP contribution in [0.4, 0.5) is 10.5 Å². The summed E-state index contributed by atoms with van der Waals surface area (Å²) in [6.45, 7) is 0. The Balaban J connectivity index is 1.70. The zero-order valence-electron chi connectivity index (χ0n) is 16.6. The van der Waals surface area contributed by atoms with Gasteiger partial charge in [-0.15, -0.1) is 0 Å². The van der Waals surface area contributed by atoms with E-state index in [2.05, 4.69) is 5.32 Å². The number of furan rings is 1. The molecule has 3 N–H and O–H groups in total. The van der Waals surface area contributed by atoms with Gasteiger partial charge in [0, 0.05) is 5.56 Å². The predicted octanol–water partition coefficient (Wildman–Crippen LogP) is 3.01. The molecule has 1 aromatic heterocycles. The fourth-order valence-corrected chi connectivity index (χ4v) is 3.21. The summed E-state index contributed by atoms with van der Waals surface area (Å²) < 4.78 is 5.61. The number of urea groups is 1. The van der Waals surface area contributed by atoms with Crippen LogP contribution >= 0.6 is 0 Å². The number of barbiturate groups is 1. The number of carboxylic acid groups (broad SMARTS) is 2. The molecule has 0 radical (unpaired) electrons. The summed E-state index contributed by atoms with van der Waals surface area (Å²) in [5.41, 5.74) is -0.410. The van der Waals surface area contributed by atoms with E-state index in [0.717, 1.165) is 17.0 Å². The molecule has 33 heavy (non-hydrogen) atoms. The van der Waals surface area contributed by atoms with Crippen molar-refractivity contribution >= 4 is 41.5 Å². The monoisotopic (exact) mass is 446 g/mol. The van der Waals surface area contributed by atoms with E-state index in [9.17, 15) is 34.2 Å². The molecule has 1 aliphatic rings. The van der Waals surface area contributed by atoms with Gasteiger partial charge in [0.2, 0.25) is 0 Å². The lowest BCUT2D eigenvalue weighted by molar-refractivity contribution is -0.122. The Bertz CT molecular complexity index is 1320. The molecule has 1 saturated heterocycles. The molecular formula is C23H14N2O8. The van der Waals surface area contributed by atoms with E-state index < -0.39 is 29.8 Å². The average Bonchev–Trinajstić information content (AvgIpc) is 3.25. The largest absolute Gasteiger partial charge is 0.478 e. The number of carbonyl (C=O) groups excluding carboxylic acids is 3. The van der Waals surface area contributed by atoms with Gasteiger partial charge < -0.3 is 14.6 Å². The Hall–Kier alpha value is -4.99. The van der Waals surface area contributed by atoms with Crippen molar-refractivity contribution in [3.05, 3.63) is 83.1 Å². The van der Waals surface area contributed by atoms with Crippen LogP contribution in [-0.4, -0.2) is 40.0 Å². The Labute approximate surface area is 185 Å². The molecule has 3 aromatic rings. The van der Waals surface area contributed by atoms with Crippen LogP contribution in [-0.2, 0) is 9.59 Å². The molecule has 0 bridgehead atoms. The Kier molecular flexibility index (Phi) is 5.32. The fraction of sp³-hybridized carbons (Fsp3) is 0. The number of imide groups is 2. The first-order valence-electron chi connectivity index (χ1n) is 9.43. The number of amides is 4. The van der Waals surface area contributed by atoms with Gasteiger partial charge in [0.15, 0.2) is 0 Å². The number of carbonyl (C=O) groups is 5. The Morgan fingerprint density at radius 2 is 1.52 bits per heavy atom. The molecule has 1 aliphatic heterocycles. The highest BCUT2D eigenvalue weighted by Crippen LogP contribution is 2.27. The summed E-state index contributed by atoms with van der Waals surface area (Å²) in [5.74, 6) is -4.22. The fourth-order valence-electron chi connectivity index (χ4n) is 3.21. The van der Waals surface area contributed by atoms with Crippen molar-refractivity contribution in [1.29, 1.82) is 0 Å². The predicted molar refractivity (Wildman–Crippen MR) is 114 cm³/mol. The summed E-state index contributed by atoms with van der Waals surface area (Å²) in [6, 6.07) is 13.5. The average molecular weight is 446 g/mol. The zero-order chi connectivity index (χ0) is 23.7. The number of nitrogens with zero attached hydrogens (tertiary/aromatic N) is 1. The van der Waals surface area contributed by atoms with Gasteiger partial charge in [-0.3, -0.25) is 14.9 Å². The third-order valence-electron chi connectivity index (χ3n) is 4.74. The van der Waals surface area contributed by atoms with E-state index in [4.69, 9.17) is 4.42 Å². The van der Waals surface area contributed by atoms with Gasteiger partial charge in [0.25, 0.3) is 11.8 Å². The van der Waals surface area contributed by atoms with Gasteiger partial charge in [0.05, 0.1) is 16.8 Å². The van der Waals surface area contributed by atoms with Crippen LogP contribution in [0.1, 0.15) is 26.5 Å². The summed E-state index contributed by atoms with van der Waals surface area (Å²) in [7, 11) is 0. The number of rotatable bonds is 5. The van der Waals surface area contributed by atoms with E-state index >= 15 is 0 Å². The molecule has 0 unspecified atom stereocenters. The van der Waals surface area contributed by atoms with Gasteiger partial charge in [-0.25, -0.2) is 19.3 Å². The van der Waals surface area contributed by atoms with E-state index in [1.807, 2.05) is 0 Å². The van der Waals surface area contributed by atoms with Gasteiger partial charge in [-0.1, -0.05) is 18.2 Å². The first-order chi connectivity index (χ1) is 15.7. The number of anilines is 1. The van der Waals surface area contributed by atoms with E-state index in [1.165, 1.54) is 36.4 Å². The highest BCUT2D eigenvalue weighted by atomic mass is 16.4. The summed E-state index contributed by atoms with van der Waals surface area (Å²) in [5, 5.41) is 20.6. The van der Waals surface area contributed by atoms with Gasteiger partial charge >= 0.3 is 18.0 Å². The van der Waals surface area contributed by atoms with Crippen LogP contribution in [0.2, 0.25) is 0 Å². The van der Waals surface area contributed by atoms with Crippen LogP contribution in [0.15, 0.2) is 70.7 Å². The van der Waals surface area contributed by atoms with E-state index in [0.29, 0.717) is 0 Å². The number of carboxylic acids is 2. The van der Waals surface area contributed by atoms with Crippen LogP contribution < -0.4 is 10.2 Å². The number of hydrogen-bond acceptors (Lipinski definition) is 6. The van der Waals surface area contributed by atoms with Crippen molar-refractivity contribution in [2.45, 2.75) is 0 Å². The number of hydrogen-bond donors (Lipinski definition) is 3. The van der Waals surface area contributed by atoms with Gasteiger partial charge in [-0.2, -0.15) is 0 Å². The molecule has 0 atom stereocenters. The highest BCUT2D eigenvalue weighted by molar-refractivity contribution is 6.39. The number of aromatic carboxylic acids is 2. The molecule has 0 saturated carbocycles. The quantitative estimate of drug-likeness (QED) is 0.399. The molecule has 164 valence electrons. The number of benzene rings is 2. The molecule has 2 heterocycles. The second-order valence-corrected chi connectivity index (χ2v) is 6.90. The molecule has 10 nitrogen and oxygen atoms in total. The maximum absolute atomic E-state index is 12.9. The lowest BCUT2D eigenvalue weighted by atomic mass is 10.0. The standard InChI is InChI=1S/C23H14N2O8/c26-19-17(20(27)25(23(32)24-19)15-4-2-1-3-5-15)11-16-6-7-18(33-16)12-8-13(21(28)29)10-14(9-12)22(30)31/h1-11H,(H,28,29)(H,30,31)(H,24,26,32)/b17-11+. The normalized spacial score (nSPS) is 15.0. The highest BCUT2D eigenvalue weighted by Gasteiger charge is 2.37. The number of nitrogens with one attached hydrogen (secondary N) is 1. The first-order valence-corrected chi connectivity index (χ1v) is 9.43. The summed E-state index contributed by atoms with van der Waals surface area (Å²) in [6.07, 6.45) is 1.14. The molecule has 4 amide bonds. The summed E-state index contributed by atoms with van der Waals surface area (Å²) >= 11 is 0. The lowest BCUT2D eigenvalue weighted by Crippen LogP contribution is -2.54. The smallest absolute Gasteiger partial charge is 0.335 e. The molecule has 1 fully saturated rings. The minimum atomic E-state index is -1.32. The molecule has 0 spiro atoms. The minimum Gasteiger partial charge on any atom is -0.478 e. The van der Waals surface area contributed by atoms with Gasteiger partial charge in [0.1, 0.15) is 17.1 Å². The molecule has 4 rings (SSSR count). The Morgan fingerprint density at radius 1 is 0.879 bits per heavy atom. The first kappa shape index (κ1) is 21.2. The van der Waals surface area contributed by atoms with Crippen LogP contribution in [0.3, 0.4) is 0 Å². The molecular weight excluding hydrogens is 432 g/mol. The lowest BCUT2D eigenvalue weighted by Gasteiger charge is -2.26. The maximum Gasteiger partial charge on any atom is 0.335 e. The number of para-hydroxylation sites is 1. The van der Waals surface area contributed by atoms with Crippen molar-refractivity contribution in [3.63, 3.8) is 0 Å². The minimum absolute atomic E-state index is 0.0588. The third kappa shape index (κ3) is 4.12. The van der Waals surface area contributed by atoms with Crippen LogP contribution in [0.5, 0.6) is 0 Å². The van der Waals surface area contributed by atoms with Crippen molar-refractivity contribution in [2.75, 3.05) is 4.90 Å². The van der Waals surface area contributed by atoms with E-state index in [1.54, 1.807) is 18.2 Å². The topological polar surface area (TPSA) is 154 Å². The molecule has 2 aromatic carbocycles. The van der Waals surface area contributed by atoms with Crippen molar-refractivity contribution in [2.24, 2.45) is 0 Å². The Morgan fingerprint density at radius 3 is 2.12 bits per heavy atom. The zero-order valence-corrected chi connectivity index (χ0v) is 16.6. The van der Waals surface area contributed by atoms with Crippen molar-refractivity contribution < 1.29 is 38.6 Å².